The van der Waals surface area contributed by atoms with E-state index < -0.39 is 5.54 Å². The van der Waals surface area contributed by atoms with Crippen LogP contribution in [0.25, 0.3) is 6.08 Å². The van der Waals surface area contributed by atoms with Crippen molar-refractivity contribution in [2.75, 3.05) is 0 Å². The highest BCUT2D eigenvalue weighted by Crippen LogP contribution is 2.27. The molecule has 0 unspecified atom stereocenters. The Bertz CT molecular complexity index is 498. The molecule has 1 aromatic rings. The van der Waals surface area contributed by atoms with Gasteiger partial charge in [0, 0.05) is 18.4 Å². The van der Waals surface area contributed by atoms with Crippen LogP contribution in [0.2, 0.25) is 0 Å². The minimum Gasteiger partial charge on any atom is -0.277 e. The van der Waals surface area contributed by atoms with Crippen LogP contribution in [-0.2, 0) is 16.0 Å². The molecule has 2 rings (SSSR count). The Morgan fingerprint density at radius 1 is 1.16 bits per heavy atom. The summed E-state index contributed by atoms with van der Waals surface area (Å²) in [6.07, 6.45) is 3.15. The van der Waals surface area contributed by atoms with Gasteiger partial charge in [-0.25, -0.2) is 0 Å². The average Bonchev–Trinajstić information content (AvgIpc) is 2.70. The molecule has 0 atom stereocenters. The third kappa shape index (κ3) is 2.75. The zero-order chi connectivity index (χ0) is 14.0. The summed E-state index contributed by atoms with van der Waals surface area (Å²) in [6, 6.07) is 8.02. The van der Waals surface area contributed by atoms with Crippen LogP contribution in [0.5, 0.6) is 0 Å². The van der Waals surface area contributed by atoms with Gasteiger partial charge in [0.1, 0.15) is 0 Å². The van der Waals surface area contributed by atoms with Crippen LogP contribution < -0.4 is 0 Å². The molecule has 100 valence electrons. The molecule has 0 aliphatic carbocycles. The maximum atomic E-state index is 11.8. The first-order valence-corrected chi connectivity index (χ1v) is 6.51. The lowest BCUT2D eigenvalue weighted by molar-refractivity contribution is -0.144. The number of hydrogen-bond acceptors (Lipinski definition) is 2. The summed E-state index contributed by atoms with van der Waals surface area (Å²) in [4.78, 5) is 25.1. The fraction of sp³-hybridized carbons (Fsp3) is 0.375. The molecule has 0 bridgehead atoms. The number of amides is 2. The van der Waals surface area contributed by atoms with Crippen molar-refractivity contribution in [2.45, 2.75) is 38.6 Å². The highest BCUT2D eigenvalue weighted by molar-refractivity contribution is 6.02. The van der Waals surface area contributed by atoms with E-state index in [0.29, 0.717) is 19.3 Å². The largest absolute Gasteiger partial charge is 0.277 e. The maximum absolute atomic E-state index is 11.8. The lowest BCUT2D eigenvalue weighted by Gasteiger charge is -2.34. The second-order valence-corrected chi connectivity index (χ2v) is 5.56. The van der Waals surface area contributed by atoms with E-state index >= 15 is 0 Å². The molecule has 1 fully saturated rings. The van der Waals surface area contributed by atoms with Crippen LogP contribution in [0, 0.1) is 0 Å². The molecule has 1 aromatic carbocycles. The molecule has 2 amide bonds. The van der Waals surface area contributed by atoms with Gasteiger partial charge in [0.25, 0.3) is 0 Å². The molecule has 0 spiro atoms. The van der Waals surface area contributed by atoms with Crippen molar-refractivity contribution < 1.29 is 9.59 Å². The number of hydrogen-bond donors (Lipinski definition) is 0. The Balaban J connectivity index is 2.17. The SMILES string of the molecule is C=Cc1ccc(CC(C)(C)N2C(=O)CCC2=O)cc1. The van der Waals surface area contributed by atoms with Gasteiger partial charge in [-0.15, -0.1) is 0 Å². The van der Waals surface area contributed by atoms with E-state index in [0.717, 1.165) is 11.1 Å². The van der Waals surface area contributed by atoms with Gasteiger partial charge in [-0.3, -0.25) is 14.5 Å². The lowest BCUT2D eigenvalue weighted by atomic mass is 9.92. The molecule has 1 aliphatic rings. The van der Waals surface area contributed by atoms with Crippen molar-refractivity contribution >= 4 is 17.9 Å². The van der Waals surface area contributed by atoms with Gasteiger partial charge in [0.2, 0.25) is 11.8 Å². The Kier molecular flexibility index (Phi) is 3.56. The molecule has 3 nitrogen and oxygen atoms in total. The number of rotatable bonds is 4. The van der Waals surface area contributed by atoms with Crippen molar-refractivity contribution in [2.24, 2.45) is 0 Å². The van der Waals surface area contributed by atoms with E-state index in [-0.39, 0.29) is 11.8 Å². The molecule has 0 N–H and O–H groups in total. The molecule has 19 heavy (non-hydrogen) atoms. The van der Waals surface area contributed by atoms with Crippen LogP contribution in [0.15, 0.2) is 30.8 Å². The summed E-state index contributed by atoms with van der Waals surface area (Å²) in [6.45, 7) is 7.60. The Labute approximate surface area is 113 Å². The second-order valence-electron chi connectivity index (χ2n) is 5.56. The molecule has 0 aromatic heterocycles. The predicted molar refractivity (Wildman–Crippen MR) is 75.4 cm³/mol. The molecule has 0 saturated carbocycles. The van der Waals surface area contributed by atoms with E-state index in [1.54, 1.807) is 6.08 Å². The average molecular weight is 257 g/mol. The number of benzene rings is 1. The Morgan fingerprint density at radius 3 is 2.16 bits per heavy atom. The summed E-state index contributed by atoms with van der Waals surface area (Å²) < 4.78 is 0. The molecule has 1 saturated heterocycles. The normalized spacial score (nSPS) is 16.0. The number of likely N-dealkylation sites (tertiary alicyclic amines) is 1. The minimum absolute atomic E-state index is 0.0577. The summed E-state index contributed by atoms with van der Waals surface area (Å²) >= 11 is 0. The molecule has 1 aliphatic heterocycles. The van der Waals surface area contributed by atoms with Crippen molar-refractivity contribution in [3.63, 3.8) is 0 Å². The van der Waals surface area contributed by atoms with Crippen molar-refractivity contribution in [1.29, 1.82) is 0 Å². The van der Waals surface area contributed by atoms with Crippen LogP contribution in [0.4, 0.5) is 0 Å². The van der Waals surface area contributed by atoms with Crippen LogP contribution >= 0.6 is 0 Å². The summed E-state index contributed by atoms with van der Waals surface area (Å²) in [5.41, 5.74) is 1.71. The monoisotopic (exact) mass is 257 g/mol. The standard InChI is InChI=1S/C16H19NO2/c1-4-12-5-7-13(8-6-12)11-16(2,3)17-14(18)9-10-15(17)19/h4-8H,1,9-11H2,2-3H3. The van der Waals surface area contributed by atoms with Crippen LogP contribution in [0.1, 0.15) is 37.8 Å². The third-order valence-electron chi connectivity index (χ3n) is 3.51. The third-order valence-corrected chi connectivity index (χ3v) is 3.51. The fourth-order valence-electron chi connectivity index (χ4n) is 2.60. The molecule has 0 radical (unpaired) electrons. The van der Waals surface area contributed by atoms with Gasteiger partial charge in [-0.1, -0.05) is 36.9 Å². The number of carbonyl (C=O) groups is 2. The Hall–Kier alpha value is -1.90. The van der Waals surface area contributed by atoms with Gasteiger partial charge >= 0.3 is 0 Å². The molecule has 3 heteroatoms. The highest BCUT2D eigenvalue weighted by Gasteiger charge is 2.39. The summed E-state index contributed by atoms with van der Waals surface area (Å²) in [5, 5.41) is 0. The smallest absolute Gasteiger partial charge is 0.230 e. The first kappa shape index (κ1) is 13.5. The number of nitrogens with zero attached hydrogens (tertiary/aromatic N) is 1. The van der Waals surface area contributed by atoms with Gasteiger partial charge < -0.3 is 0 Å². The van der Waals surface area contributed by atoms with Crippen LogP contribution in [-0.4, -0.2) is 22.3 Å². The van der Waals surface area contributed by atoms with Crippen molar-refractivity contribution in [3.05, 3.63) is 42.0 Å². The predicted octanol–water partition coefficient (Wildman–Crippen LogP) is 2.80. The van der Waals surface area contributed by atoms with Gasteiger partial charge in [-0.2, -0.15) is 0 Å². The zero-order valence-corrected chi connectivity index (χ0v) is 11.5. The van der Waals surface area contributed by atoms with E-state index in [2.05, 4.69) is 6.58 Å². The first-order valence-electron chi connectivity index (χ1n) is 6.51. The quantitative estimate of drug-likeness (QED) is 0.778. The first-order chi connectivity index (χ1) is 8.94. The summed E-state index contributed by atoms with van der Waals surface area (Å²) in [7, 11) is 0. The fourth-order valence-corrected chi connectivity index (χ4v) is 2.60. The molecular weight excluding hydrogens is 238 g/mol. The minimum atomic E-state index is -0.472. The number of carbonyl (C=O) groups excluding carboxylic acids is 2. The Morgan fingerprint density at radius 2 is 1.68 bits per heavy atom. The molecular formula is C16H19NO2. The zero-order valence-electron chi connectivity index (χ0n) is 11.5. The van der Waals surface area contributed by atoms with E-state index in [1.165, 1.54) is 4.90 Å². The van der Waals surface area contributed by atoms with Crippen molar-refractivity contribution in [3.8, 4) is 0 Å². The van der Waals surface area contributed by atoms with Crippen molar-refractivity contribution in [1.82, 2.24) is 4.90 Å². The van der Waals surface area contributed by atoms with Gasteiger partial charge in [-0.05, 0) is 31.4 Å². The molecule has 1 heterocycles. The van der Waals surface area contributed by atoms with Gasteiger partial charge in [0.05, 0.1) is 0 Å². The second kappa shape index (κ2) is 5.00. The van der Waals surface area contributed by atoms with E-state index in [4.69, 9.17) is 0 Å². The van der Waals surface area contributed by atoms with Gasteiger partial charge in [0.15, 0.2) is 0 Å². The lowest BCUT2D eigenvalue weighted by Crippen LogP contribution is -2.48. The van der Waals surface area contributed by atoms with E-state index in [1.807, 2.05) is 38.1 Å². The highest BCUT2D eigenvalue weighted by atomic mass is 16.2. The maximum Gasteiger partial charge on any atom is 0.230 e. The van der Waals surface area contributed by atoms with Crippen LogP contribution in [0.3, 0.4) is 0 Å². The summed E-state index contributed by atoms with van der Waals surface area (Å²) in [5.74, 6) is -0.115. The van der Waals surface area contributed by atoms with E-state index in [9.17, 15) is 9.59 Å². The number of imide groups is 1. The topological polar surface area (TPSA) is 37.4 Å².